The summed E-state index contributed by atoms with van der Waals surface area (Å²) in [6, 6.07) is 7.26. The number of amides is 1. The molecule has 3 aliphatic heterocycles. The van der Waals surface area contributed by atoms with Gasteiger partial charge in [-0.25, -0.2) is 27.0 Å². The molecule has 15 heteroatoms. The molecule has 2 bridgehead atoms. The van der Waals surface area contributed by atoms with E-state index in [1.165, 1.54) is 28.6 Å². The lowest BCUT2D eigenvalue weighted by molar-refractivity contribution is -0.140. The van der Waals surface area contributed by atoms with Crippen LogP contribution in [-0.4, -0.2) is 108 Å². The van der Waals surface area contributed by atoms with Gasteiger partial charge in [-0.2, -0.15) is 4.31 Å². The largest absolute Gasteiger partial charge is 0.451 e. The van der Waals surface area contributed by atoms with Crippen LogP contribution >= 0.6 is 11.6 Å². The van der Waals surface area contributed by atoms with Crippen molar-refractivity contribution in [1.29, 1.82) is 0 Å². The van der Waals surface area contributed by atoms with Crippen LogP contribution in [-0.2, 0) is 26.8 Å². The van der Waals surface area contributed by atoms with Crippen molar-refractivity contribution in [3.05, 3.63) is 53.1 Å². The summed E-state index contributed by atoms with van der Waals surface area (Å²) in [5.41, 5.74) is 0.166. The van der Waals surface area contributed by atoms with Gasteiger partial charge < -0.3 is 9.64 Å². The van der Waals surface area contributed by atoms with Gasteiger partial charge in [0.25, 0.3) is 5.91 Å². The van der Waals surface area contributed by atoms with Crippen molar-refractivity contribution in [2.45, 2.75) is 29.3 Å². The van der Waals surface area contributed by atoms with Gasteiger partial charge >= 0.3 is 0 Å². The van der Waals surface area contributed by atoms with Gasteiger partial charge in [-0.3, -0.25) is 14.9 Å². The summed E-state index contributed by atoms with van der Waals surface area (Å²) in [6.45, 7) is 4.49. The van der Waals surface area contributed by atoms with Crippen LogP contribution in [0.1, 0.15) is 12.8 Å². The van der Waals surface area contributed by atoms with Crippen molar-refractivity contribution in [3.63, 3.8) is 0 Å². The quantitative estimate of drug-likeness (QED) is 0.323. The zero-order valence-electron chi connectivity index (χ0n) is 22.4. The Hall–Kier alpha value is -2.04. The van der Waals surface area contributed by atoms with Gasteiger partial charge in [0.1, 0.15) is 22.3 Å². The highest BCUT2D eigenvalue weighted by molar-refractivity contribution is 7.83. The van der Waals surface area contributed by atoms with E-state index in [4.69, 9.17) is 16.3 Å². The molecule has 1 amide bonds. The number of benzene rings is 2. The van der Waals surface area contributed by atoms with Crippen LogP contribution in [0.4, 0.5) is 8.78 Å². The van der Waals surface area contributed by atoms with E-state index < -0.39 is 56.8 Å². The average Bonchev–Trinajstić information content (AvgIpc) is 3.20. The van der Waals surface area contributed by atoms with E-state index in [-0.39, 0.29) is 30.2 Å². The van der Waals surface area contributed by atoms with E-state index in [0.29, 0.717) is 23.7 Å². The number of halogens is 3. The maximum absolute atomic E-state index is 15.0. The molecule has 3 heterocycles. The first-order valence-corrected chi connectivity index (χ1v) is 16.0. The van der Waals surface area contributed by atoms with Crippen molar-refractivity contribution in [2.24, 2.45) is 0 Å². The maximum atomic E-state index is 15.0. The highest BCUT2D eigenvalue weighted by Gasteiger charge is 2.59. The van der Waals surface area contributed by atoms with Gasteiger partial charge in [0.2, 0.25) is 0 Å². The first-order chi connectivity index (χ1) is 19.6. The monoisotopic (exact) mass is 631 g/mol. The van der Waals surface area contributed by atoms with Crippen molar-refractivity contribution >= 4 is 39.5 Å². The Bertz CT molecular complexity index is 1310. The smallest absolute Gasteiger partial charge is 0.266 e. The van der Waals surface area contributed by atoms with Crippen molar-refractivity contribution in [1.82, 2.24) is 23.9 Å². The van der Waals surface area contributed by atoms with Gasteiger partial charge in [-0.05, 0) is 56.3 Å². The summed E-state index contributed by atoms with van der Waals surface area (Å²) < 4.78 is 65.6. The minimum absolute atomic E-state index is 0.0558. The first-order valence-electron chi connectivity index (χ1n) is 13.2. The Morgan fingerprint density at radius 1 is 1.15 bits per heavy atom. The molecule has 5 rings (SSSR count). The molecule has 0 aliphatic carbocycles. The number of nitrogens with zero attached hydrogens (tertiary/aromatic N) is 4. The Morgan fingerprint density at radius 2 is 1.80 bits per heavy atom. The number of likely N-dealkylation sites (N-methyl/N-ethyl adjacent to an activating group) is 1. The molecule has 4 unspecified atom stereocenters. The van der Waals surface area contributed by atoms with E-state index in [2.05, 4.69) is 16.8 Å². The number of rotatable bonds is 9. The van der Waals surface area contributed by atoms with Crippen LogP contribution in [0, 0.1) is 11.6 Å². The fraction of sp³-hybridized carbons (Fsp3) is 0.500. The third kappa shape index (κ3) is 6.34. The Labute approximate surface area is 247 Å². The summed E-state index contributed by atoms with van der Waals surface area (Å²) >= 11 is 5.85. The molecule has 3 fully saturated rings. The lowest BCUT2D eigenvalue weighted by atomic mass is 9.97. The molecule has 0 radical (unpaired) electrons. The van der Waals surface area contributed by atoms with E-state index in [0.717, 1.165) is 38.3 Å². The molecular weight excluding hydrogens is 600 g/mol. The van der Waals surface area contributed by atoms with E-state index in [1.807, 2.05) is 0 Å². The molecule has 2 aromatic carbocycles. The van der Waals surface area contributed by atoms with Gasteiger partial charge in [0, 0.05) is 56.9 Å². The van der Waals surface area contributed by atoms with E-state index in [1.54, 1.807) is 9.79 Å². The van der Waals surface area contributed by atoms with Gasteiger partial charge in [-0.15, -0.1) is 0 Å². The minimum atomic E-state index is -2.18. The third-order valence-corrected chi connectivity index (χ3v) is 11.2. The topological polar surface area (TPSA) is 106 Å². The predicted octanol–water partition coefficient (Wildman–Crippen LogP) is 2.37. The number of piperazine rings is 2. The molecule has 10 nitrogen and oxygen atoms in total. The first kappa shape index (κ1) is 30.4. The summed E-state index contributed by atoms with van der Waals surface area (Å²) in [6.07, 6.45) is 0.652. The summed E-state index contributed by atoms with van der Waals surface area (Å²) in [5.74, 6) is -3.08. The highest BCUT2D eigenvalue weighted by atomic mass is 35.5. The van der Waals surface area contributed by atoms with Crippen LogP contribution in [0.2, 0.25) is 5.02 Å². The normalized spacial score (nSPS) is 25.6. The molecule has 0 aromatic heterocycles. The van der Waals surface area contributed by atoms with Crippen LogP contribution in [0.3, 0.4) is 0 Å². The van der Waals surface area contributed by atoms with Gasteiger partial charge in [0.05, 0.1) is 21.6 Å². The second-order valence-corrected chi connectivity index (χ2v) is 13.9. The molecule has 41 heavy (non-hydrogen) atoms. The molecular formula is C26H32ClF2N5O5S2. The standard InChI is InChI=1S/C26H32ClF2N5O5S2/c1-31-8-10-32(11-9-31)12-13-40(37)33-16-19-6-7-26(17-33,25(35)30-36)34(19)41(38)21-14-22(28)24(23(29)15-21)39-20-4-2-18(27)3-5-20/h2-5,14-15,19,36H,6-13,16-17H2,1H3,(H,30,35). The number of hydroxylamine groups is 1. The van der Waals surface area contributed by atoms with Crippen molar-refractivity contribution < 1.29 is 31.9 Å². The number of hydrogen-bond acceptors (Lipinski definition) is 7. The predicted molar refractivity (Wildman–Crippen MR) is 150 cm³/mol. The minimum Gasteiger partial charge on any atom is -0.451 e. The van der Waals surface area contributed by atoms with Crippen LogP contribution < -0.4 is 10.2 Å². The number of hydrogen-bond donors (Lipinski definition) is 2. The van der Waals surface area contributed by atoms with Crippen LogP contribution in [0.15, 0.2) is 41.3 Å². The van der Waals surface area contributed by atoms with E-state index >= 15 is 8.78 Å². The molecule has 3 aliphatic rings. The second kappa shape index (κ2) is 12.7. The SMILES string of the molecule is CN1CCN(CCS(=O)N2CC3CCC(C(=O)NO)(C2)N3S(=O)c2cc(F)c(Oc3ccc(Cl)cc3)c(F)c2)CC1. The summed E-state index contributed by atoms with van der Waals surface area (Å²) in [5, 5.41) is 10.0. The Morgan fingerprint density at radius 3 is 2.44 bits per heavy atom. The number of carbonyl (C=O) groups is 1. The number of ether oxygens (including phenoxy) is 1. The fourth-order valence-corrected chi connectivity index (χ4v) is 8.73. The molecule has 224 valence electrons. The van der Waals surface area contributed by atoms with E-state index in [9.17, 15) is 18.4 Å². The molecule has 2 N–H and O–H groups in total. The third-order valence-electron chi connectivity index (χ3n) is 7.87. The number of fused-ring (bicyclic) bond motifs is 2. The molecule has 4 atom stereocenters. The molecule has 2 aromatic rings. The summed E-state index contributed by atoms with van der Waals surface area (Å²) in [4.78, 5) is 17.3. The number of carbonyl (C=O) groups excluding carboxylic acids is 1. The number of nitrogens with one attached hydrogen (secondary N) is 1. The highest BCUT2D eigenvalue weighted by Crippen LogP contribution is 2.43. The Balaban J connectivity index is 1.33. The van der Waals surface area contributed by atoms with Crippen molar-refractivity contribution in [3.8, 4) is 11.5 Å². The zero-order valence-corrected chi connectivity index (χ0v) is 24.8. The van der Waals surface area contributed by atoms with Crippen LogP contribution in [0.5, 0.6) is 11.5 Å². The van der Waals surface area contributed by atoms with Crippen LogP contribution in [0.25, 0.3) is 0 Å². The average molecular weight is 632 g/mol. The molecule has 0 spiro atoms. The van der Waals surface area contributed by atoms with Gasteiger partial charge in [0.15, 0.2) is 17.4 Å². The Kier molecular flexibility index (Phi) is 9.40. The maximum Gasteiger partial charge on any atom is 0.266 e. The fourth-order valence-electron chi connectivity index (χ4n) is 5.60. The molecule has 3 saturated heterocycles. The lowest BCUT2D eigenvalue weighted by Crippen LogP contribution is -2.67. The zero-order chi connectivity index (χ0) is 29.3. The van der Waals surface area contributed by atoms with Crippen molar-refractivity contribution in [2.75, 3.05) is 58.6 Å². The van der Waals surface area contributed by atoms with Gasteiger partial charge in [-0.1, -0.05) is 11.6 Å². The second-order valence-electron chi connectivity index (χ2n) is 10.5. The lowest BCUT2D eigenvalue weighted by Gasteiger charge is -2.45. The summed E-state index contributed by atoms with van der Waals surface area (Å²) in [7, 11) is -1.54. The molecule has 0 saturated carbocycles.